The molecule has 1 unspecified atom stereocenters. The first-order valence-electron chi connectivity index (χ1n) is 12.3. The Balaban J connectivity index is 1.47. The number of rotatable bonds is 12. The van der Waals surface area contributed by atoms with Crippen molar-refractivity contribution in [2.24, 2.45) is 0 Å². The SMILES string of the molecule is C=CCc1ccc(OCCCn2c(C(C)NC(=O)c3ccccc3OC)nc3ccccc32)c(OC)c1. The van der Waals surface area contributed by atoms with Crippen molar-refractivity contribution in [3.05, 3.63) is 96.3 Å². The molecule has 1 N–H and O–H groups in total. The fourth-order valence-electron chi connectivity index (χ4n) is 4.36. The molecule has 3 aromatic carbocycles. The molecule has 0 saturated heterocycles. The molecule has 7 heteroatoms. The highest BCUT2D eigenvalue weighted by Gasteiger charge is 2.20. The van der Waals surface area contributed by atoms with E-state index < -0.39 is 0 Å². The molecule has 1 amide bonds. The van der Waals surface area contributed by atoms with Gasteiger partial charge in [0.2, 0.25) is 0 Å². The topological polar surface area (TPSA) is 74.6 Å². The van der Waals surface area contributed by atoms with Crippen LogP contribution in [0.2, 0.25) is 0 Å². The standard InChI is InChI=1S/C30H33N3O4/c1-5-11-22-16-17-27(28(20-22)36-4)37-19-10-18-33-25-14-8-7-13-24(25)32-29(33)21(2)31-30(34)23-12-6-9-15-26(23)35-3/h5-9,12-17,20-21H,1,10-11,18-19H2,2-4H3,(H,31,34). The molecule has 0 aliphatic rings. The molecule has 192 valence electrons. The Kier molecular flexibility index (Phi) is 8.46. The van der Waals surface area contributed by atoms with Crippen LogP contribution in [0.25, 0.3) is 11.0 Å². The largest absolute Gasteiger partial charge is 0.496 e. The molecule has 0 bridgehead atoms. The Morgan fingerprint density at radius 3 is 2.57 bits per heavy atom. The van der Waals surface area contributed by atoms with Gasteiger partial charge in [-0.2, -0.15) is 0 Å². The van der Waals surface area contributed by atoms with Gasteiger partial charge in [0.15, 0.2) is 11.5 Å². The summed E-state index contributed by atoms with van der Waals surface area (Å²) in [4.78, 5) is 17.9. The van der Waals surface area contributed by atoms with E-state index in [0.29, 0.717) is 36.0 Å². The zero-order valence-electron chi connectivity index (χ0n) is 21.6. The van der Waals surface area contributed by atoms with Crippen molar-refractivity contribution in [1.82, 2.24) is 14.9 Å². The van der Waals surface area contributed by atoms with Crippen LogP contribution in [0.3, 0.4) is 0 Å². The normalized spacial score (nSPS) is 11.6. The maximum Gasteiger partial charge on any atom is 0.255 e. The Hall–Kier alpha value is -4.26. The van der Waals surface area contributed by atoms with Gasteiger partial charge >= 0.3 is 0 Å². The third-order valence-corrected chi connectivity index (χ3v) is 6.16. The number of aromatic nitrogens is 2. The van der Waals surface area contributed by atoms with Gasteiger partial charge in [0.05, 0.1) is 43.5 Å². The van der Waals surface area contributed by atoms with Crippen LogP contribution in [-0.4, -0.2) is 36.3 Å². The van der Waals surface area contributed by atoms with Crippen LogP contribution in [0.4, 0.5) is 0 Å². The molecular weight excluding hydrogens is 466 g/mol. The van der Waals surface area contributed by atoms with E-state index in [9.17, 15) is 4.79 Å². The Morgan fingerprint density at radius 1 is 1.03 bits per heavy atom. The van der Waals surface area contributed by atoms with Crippen molar-refractivity contribution in [3.63, 3.8) is 0 Å². The lowest BCUT2D eigenvalue weighted by Crippen LogP contribution is -2.29. The summed E-state index contributed by atoms with van der Waals surface area (Å²) in [5.74, 6) is 2.53. The molecule has 0 radical (unpaired) electrons. The monoisotopic (exact) mass is 499 g/mol. The molecule has 0 aliphatic carbocycles. The second kappa shape index (κ2) is 12.1. The first-order chi connectivity index (χ1) is 18.0. The number of carbonyl (C=O) groups is 1. The van der Waals surface area contributed by atoms with Gasteiger partial charge in [-0.25, -0.2) is 4.98 Å². The first kappa shape index (κ1) is 25.8. The zero-order chi connectivity index (χ0) is 26.2. The zero-order valence-corrected chi connectivity index (χ0v) is 21.6. The van der Waals surface area contributed by atoms with Gasteiger partial charge in [-0.05, 0) is 61.7 Å². The first-order valence-corrected chi connectivity index (χ1v) is 12.3. The van der Waals surface area contributed by atoms with Gasteiger partial charge in [0.25, 0.3) is 5.91 Å². The second-order valence-corrected chi connectivity index (χ2v) is 8.69. The minimum atomic E-state index is -0.316. The number of methoxy groups -OCH3 is 2. The van der Waals surface area contributed by atoms with E-state index in [1.54, 1.807) is 26.4 Å². The summed E-state index contributed by atoms with van der Waals surface area (Å²) in [5, 5.41) is 3.08. The van der Waals surface area contributed by atoms with E-state index in [-0.39, 0.29) is 11.9 Å². The van der Waals surface area contributed by atoms with E-state index in [1.165, 1.54) is 0 Å². The van der Waals surface area contributed by atoms with Crippen LogP contribution in [0.5, 0.6) is 17.2 Å². The Morgan fingerprint density at radius 2 is 1.78 bits per heavy atom. The average molecular weight is 500 g/mol. The number of imidazole rings is 1. The highest BCUT2D eigenvalue weighted by Crippen LogP contribution is 2.29. The summed E-state index contributed by atoms with van der Waals surface area (Å²) in [6.07, 6.45) is 3.39. The minimum absolute atomic E-state index is 0.209. The third kappa shape index (κ3) is 5.94. The van der Waals surface area contributed by atoms with E-state index in [1.807, 2.05) is 67.6 Å². The Labute approximate surface area is 217 Å². The summed E-state index contributed by atoms with van der Waals surface area (Å²) in [7, 11) is 3.20. The van der Waals surface area contributed by atoms with Crippen LogP contribution < -0.4 is 19.5 Å². The number of amides is 1. The highest BCUT2D eigenvalue weighted by molar-refractivity contribution is 5.97. The molecule has 0 fully saturated rings. The average Bonchev–Trinajstić information content (AvgIpc) is 3.30. The van der Waals surface area contributed by atoms with Gasteiger partial charge in [-0.3, -0.25) is 4.79 Å². The van der Waals surface area contributed by atoms with Crippen molar-refractivity contribution in [1.29, 1.82) is 0 Å². The predicted octanol–water partition coefficient (Wildman–Crippen LogP) is 5.74. The number of nitrogens with zero attached hydrogens (tertiary/aromatic N) is 2. The van der Waals surface area contributed by atoms with Crippen molar-refractivity contribution in [2.45, 2.75) is 32.4 Å². The van der Waals surface area contributed by atoms with E-state index in [2.05, 4.69) is 16.5 Å². The fraction of sp³-hybridized carbons (Fsp3) is 0.267. The van der Waals surface area contributed by atoms with Gasteiger partial charge < -0.3 is 24.1 Å². The molecule has 7 nitrogen and oxygen atoms in total. The molecule has 1 heterocycles. The van der Waals surface area contributed by atoms with Crippen LogP contribution >= 0.6 is 0 Å². The van der Waals surface area contributed by atoms with Crippen LogP contribution in [0, 0.1) is 0 Å². The molecule has 0 saturated carbocycles. The summed E-state index contributed by atoms with van der Waals surface area (Å²) in [6, 6.07) is 20.8. The van der Waals surface area contributed by atoms with Crippen LogP contribution in [0.1, 0.15) is 41.1 Å². The van der Waals surface area contributed by atoms with Crippen LogP contribution in [-0.2, 0) is 13.0 Å². The molecular formula is C30H33N3O4. The quantitative estimate of drug-likeness (QED) is 0.199. The van der Waals surface area contributed by atoms with Crippen molar-refractivity contribution in [3.8, 4) is 17.2 Å². The van der Waals surface area contributed by atoms with Crippen molar-refractivity contribution >= 4 is 16.9 Å². The summed E-state index contributed by atoms with van der Waals surface area (Å²) >= 11 is 0. The Bertz CT molecular complexity index is 1380. The summed E-state index contributed by atoms with van der Waals surface area (Å²) < 4.78 is 19.1. The highest BCUT2D eigenvalue weighted by atomic mass is 16.5. The number of ether oxygens (including phenoxy) is 3. The lowest BCUT2D eigenvalue weighted by Gasteiger charge is -2.18. The van der Waals surface area contributed by atoms with Gasteiger partial charge in [-0.1, -0.05) is 36.4 Å². The number of nitrogens with one attached hydrogen (secondary N) is 1. The number of para-hydroxylation sites is 3. The maximum absolute atomic E-state index is 13.0. The molecule has 4 rings (SSSR count). The molecule has 0 aliphatic heterocycles. The van der Waals surface area contributed by atoms with E-state index >= 15 is 0 Å². The number of hydrogen-bond donors (Lipinski definition) is 1. The molecule has 1 aromatic heterocycles. The molecule has 1 atom stereocenters. The summed E-state index contributed by atoms with van der Waals surface area (Å²) in [5.41, 5.74) is 3.51. The lowest BCUT2D eigenvalue weighted by molar-refractivity contribution is 0.0934. The smallest absolute Gasteiger partial charge is 0.255 e. The predicted molar refractivity (Wildman–Crippen MR) is 146 cm³/mol. The van der Waals surface area contributed by atoms with Crippen molar-refractivity contribution in [2.75, 3.05) is 20.8 Å². The molecule has 37 heavy (non-hydrogen) atoms. The van der Waals surface area contributed by atoms with Gasteiger partial charge in [0, 0.05) is 6.54 Å². The molecule has 0 spiro atoms. The third-order valence-electron chi connectivity index (χ3n) is 6.16. The van der Waals surface area contributed by atoms with E-state index in [0.717, 1.165) is 35.3 Å². The maximum atomic E-state index is 13.0. The number of aryl methyl sites for hydroxylation is 1. The number of hydrogen-bond acceptors (Lipinski definition) is 5. The number of fused-ring (bicyclic) bond motifs is 1. The second-order valence-electron chi connectivity index (χ2n) is 8.69. The minimum Gasteiger partial charge on any atom is -0.496 e. The van der Waals surface area contributed by atoms with Gasteiger partial charge in [-0.15, -0.1) is 6.58 Å². The number of allylic oxidation sites excluding steroid dienone is 1. The summed E-state index contributed by atoms with van der Waals surface area (Å²) in [6.45, 7) is 6.92. The van der Waals surface area contributed by atoms with Crippen molar-refractivity contribution < 1.29 is 19.0 Å². The number of carbonyl (C=O) groups excluding carboxylic acids is 1. The van der Waals surface area contributed by atoms with Gasteiger partial charge in [0.1, 0.15) is 11.6 Å². The molecule has 4 aromatic rings. The van der Waals surface area contributed by atoms with Crippen LogP contribution in [0.15, 0.2) is 79.4 Å². The lowest BCUT2D eigenvalue weighted by atomic mass is 10.1. The number of benzene rings is 3. The van der Waals surface area contributed by atoms with E-state index in [4.69, 9.17) is 19.2 Å². The fourth-order valence-corrected chi connectivity index (χ4v) is 4.36.